The smallest absolute Gasteiger partial charge is 0.283 e. The molecule has 3 aromatic rings. The molecule has 0 atom stereocenters. The molecule has 1 aromatic heterocycles. The first-order valence-electron chi connectivity index (χ1n) is 10.1. The van der Waals surface area contributed by atoms with Crippen LogP contribution in [0.15, 0.2) is 82.7 Å². The van der Waals surface area contributed by atoms with E-state index in [-0.39, 0.29) is 18.0 Å². The molecule has 3 heterocycles. The van der Waals surface area contributed by atoms with Crippen LogP contribution in [-0.4, -0.2) is 31.9 Å². The fourth-order valence-electron chi connectivity index (χ4n) is 3.26. The molecule has 0 fully saturated rings. The molecule has 7 nitrogen and oxygen atoms in total. The van der Waals surface area contributed by atoms with E-state index < -0.39 is 5.91 Å². The number of aromatic nitrogens is 1. The van der Waals surface area contributed by atoms with Gasteiger partial charge in [-0.15, -0.1) is 0 Å². The van der Waals surface area contributed by atoms with Crippen molar-refractivity contribution < 1.29 is 9.53 Å². The minimum absolute atomic E-state index is 0.0587. The van der Waals surface area contributed by atoms with Gasteiger partial charge in [-0.05, 0) is 53.7 Å². The van der Waals surface area contributed by atoms with E-state index >= 15 is 0 Å². The lowest BCUT2D eigenvalue weighted by molar-refractivity contribution is -0.114. The van der Waals surface area contributed by atoms with Crippen molar-refractivity contribution in [3.8, 4) is 5.75 Å². The van der Waals surface area contributed by atoms with Crippen molar-refractivity contribution in [1.82, 2.24) is 9.99 Å². The molecule has 0 bridgehead atoms. The predicted molar refractivity (Wildman–Crippen MR) is 136 cm³/mol. The highest BCUT2D eigenvalue weighted by molar-refractivity contribution is 8.27. The first-order valence-corrected chi connectivity index (χ1v) is 11.6. The predicted octanol–water partition coefficient (Wildman–Crippen LogP) is 5.63. The van der Waals surface area contributed by atoms with Crippen LogP contribution >= 0.6 is 35.0 Å². The minimum Gasteiger partial charge on any atom is -0.487 e. The van der Waals surface area contributed by atoms with Gasteiger partial charge in [-0.3, -0.25) is 15.2 Å². The SMILES string of the molecule is N=C1/C(=C/c2ccc(OCc3ccccc3Cl)c(Cl)c2)C(=O)N=C2SC(c3cccnc3)=NN12. The van der Waals surface area contributed by atoms with Gasteiger partial charge in [0.25, 0.3) is 5.91 Å². The van der Waals surface area contributed by atoms with Gasteiger partial charge in [0.15, 0.2) is 5.84 Å². The number of carbonyl (C=O) groups is 1. The summed E-state index contributed by atoms with van der Waals surface area (Å²) >= 11 is 13.8. The Kier molecular flexibility index (Phi) is 6.19. The molecule has 168 valence electrons. The Labute approximate surface area is 209 Å². The number of hydrazone groups is 1. The highest BCUT2D eigenvalue weighted by Gasteiger charge is 2.36. The zero-order valence-electron chi connectivity index (χ0n) is 17.4. The summed E-state index contributed by atoms with van der Waals surface area (Å²) in [5.74, 6) is -0.0890. The van der Waals surface area contributed by atoms with Gasteiger partial charge in [-0.25, -0.2) is 0 Å². The normalized spacial score (nSPS) is 16.4. The van der Waals surface area contributed by atoms with Crippen molar-refractivity contribution >= 4 is 63.0 Å². The summed E-state index contributed by atoms with van der Waals surface area (Å²) in [6.07, 6.45) is 4.90. The molecule has 0 saturated carbocycles. The Balaban J connectivity index is 1.36. The van der Waals surface area contributed by atoms with Gasteiger partial charge in [0, 0.05) is 28.5 Å². The number of benzene rings is 2. The number of aliphatic imine (C=N–C) groups is 1. The lowest BCUT2D eigenvalue weighted by Gasteiger charge is -2.20. The summed E-state index contributed by atoms with van der Waals surface area (Å²) in [4.78, 5) is 20.9. The Bertz CT molecular complexity index is 1410. The number of hydrogen-bond donors (Lipinski definition) is 1. The summed E-state index contributed by atoms with van der Waals surface area (Å²) in [6.45, 7) is 0.268. The van der Waals surface area contributed by atoms with E-state index in [9.17, 15) is 4.79 Å². The van der Waals surface area contributed by atoms with Crippen LogP contribution in [-0.2, 0) is 11.4 Å². The fourth-order valence-corrected chi connectivity index (χ4v) is 4.57. The number of ether oxygens (including phenoxy) is 1. The number of thioether (sulfide) groups is 1. The molecule has 1 amide bonds. The Morgan fingerprint density at radius 3 is 2.71 bits per heavy atom. The number of pyridine rings is 1. The topological polar surface area (TPSA) is 91.0 Å². The van der Waals surface area contributed by atoms with Crippen LogP contribution in [0.5, 0.6) is 5.75 Å². The number of rotatable bonds is 5. The third-order valence-corrected chi connectivity index (χ3v) is 6.59. The first kappa shape index (κ1) is 22.3. The second kappa shape index (κ2) is 9.42. The van der Waals surface area contributed by atoms with Crippen LogP contribution in [0, 0.1) is 5.41 Å². The zero-order chi connectivity index (χ0) is 23.7. The van der Waals surface area contributed by atoms with E-state index in [1.807, 2.05) is 24.3 Å². The van der Waals surface area contributed by atoms with Gasteiger partial charge >= 0.3 is 0 Å². The van der Waals surface area contributed by atoms with E-state index in [1.165, 1.54) is 16.8 Å². The summed E-state index contributed by atoms with van der Waals surface area (Å²) < 4.78 is 5.80. The Morgan fingerprint density at radius 2 is 1.94 bits per heavy atom. The zero-order valence-corrected chi connectivity index (χ0v) is 19.7. The molecule has 2 aliphatic rings. The van der Waals surface area contributed by atoms with E-state index in [2.05, 4.69) is 15.1 Å². The molecule has 5 rings (SSSR count). The summed E-state index contributed by atoms with van der Waals surface area (Å²) in [5.41, 5.74) is 2.37. The Hall–Kier alpha value is -3.46. The molecule has 1 N–H and O–H groups in total. The Morgan fingerprint density at radius 1 is 1.09 bits per heavy atom. The van der Waals surface area contributed by atoms with Crippen molar-refractivity contribution in [3.63, 3.8) is 0 Å². The number of amides is 1. The van der Waals surface area contributed by atoms with Crippen molar-refractivity contribution in [2.45, 2.75) is 6.61 Å². The first-order chi connectivity index (χ1) is 16.5. The summed E-state index contributed by atoms with van der Waals surface area (Å²) in [5, 5.41) is 16.3. The monoisotopic (exact) mass is 507 g/mol. The second-order valence-electron chi connectivity index (χ2n) is 7.24. The van der Waals surface area contributed by atoms with Crippen molar-refractivity contribution in [2.75, 3.05) is 0 Å². The summed E-state index contributed by atoms with van der Waals surface area (Å²) in [6, 6.07) is 16.2. The van der Waals surface area contributed by atoms with E-state index in [4.69, 9.17) is 33.3 Å². The third-order valence-electron chi connectivity index (χ3n) is 4.97. The lowest BCUT2D eigenvalue weighted by atomic mass is 10.1. The molecule has 0 radical (unpaired) electrons. The molecule has 34 heavy (non-hydrogen) atoms. The highest BCUT2D eigenvalue weighted by Crippen LogP contribution is 2.32. The van der Waals surface area contributed by atoms with Crippen LogP contribution in [0.25, 0.3) is 6.08 Å². The minimum atomic E-state index is -0.512. The van der Waals surface area contributed by atoms with Gasteiger partial charge in [0.2, 0.25) is 5.17 Å². The van der Waals surface area contributed by atoms with Crippen LogP contribution in [0.4, 0.5) is 0 Å². The molecule has 0 saturated heterocycles. The number of nitrogens with zero attached hydrogens (tertiary/aromatic N) is 4. The number of carbonyl (C=O) groups excluding carboxylic acids is 1. The molecule has 0 spiro atoms. The molecule has 0 aliphatic carbocycles. The number of halogens is 2. The molecule has 2 aromatic carbocycles. The maximum atomic E-state index is 12.7. The standard InChI is InChI=1S/C24H15Cl2N5O2S/c25-18-6-2-1-4-16(18)13-33-20-8-7-14(11-19(20)26)10-17-21(27)31-24(29-22(17)32)34-23(30-31)15-5-3-9-28-12-15/h1-12,27H,13H2/b17-10-,27-21?. The van der Waals surface area contributed by atoms with Gasteiger partial charge in [-0.2, -0.15) is 15.1 Å². The van der Waals surface area contributed by atoms with Crippen molar-refractivity contribution in [1.29, 1.82) is 5.41 Å². The van der Waals surface area contributed by atoms with Crippen LogP contribution in [0.2, 0.25) is 10.0 Å². The maximum absolute atomic E-state index is 12.7. The number of amidine groups is 2. The van der Waals surface area contributed by atoms with E-state index in [1.54, 1.807) is 48.8 Å². The van der Waals surface area contributed by atoms with Crippen LogP contribution in [0.1, 0.15) is 16.7 Å². The third kappa shape index (κ3) is 4.48. The molecule has 2 aliphatic heterocycles. The number of hydrogen-bond acceptors (Lipinski definition) is 6. The van der Waals surface area contributed by atoms with Crippen LogP contribution < -0.4 is 4.74 Å². The average molecular weight is 508 g/mol. The van der Waals surface area contributed by atoms with Gasteiger partial charge in [0.05, 0.1) is 10.6 Å². The molecule has 10 heteroatoms. The number of fused-ring (bicyclic) bond motifs is 1. The maximum Gasteiger partial charge on any atom is 0.283 e. The van der Waals surface area contributed by atoms with Gasteiger partial charge < -0.3 is 4.74 Å². The molecular weight excluding hydrogens is 493 g/mol. The van der Waals surface area contributed by atoms with E-state index in [0.29, 0.717) is 31.6 Å². The summed E-state index contributed by atoms with van der Waals surface area (Å²) in [7, 11) is 0. The fraction of sp³-hybridized carbons (Fsp3) is 0.0417. The van der Waals surface area contributed by atoms with Gasteiger partial charge in [-0.1, -0.05) is 47.5 Å². The quantitative estimate of drug-likeness (QED) is 0.451. The van der Waals surface area contributed by atoms with Crippen LogP contribution in [0.3, 0.4) is 0 Å². The largest absolute Gasteiger partial charge is 0.487 e. The average Bonchev–Trinajstić information content (AvgIpc) is 3.27. The lowest BCUT2D eigenvalue weighted by Crippen LogP contribution is -2.35. The van der Waals surface area contributed by atoms with E-state index in [0.717, 1.165) is 11.1 Å². The molecular formula is C24H15Cl2N5O2S. The second-order valence-corrected chi connectivity index (χ2v) is 9.01. The molecule has 0 unspecified atom stereocenters. The van der Waals surface area contributed by atoms with Gasteiger partial charge in [0.1, 0.15) is 17.4 Å². The highest BCUT2D eigenvalue weighted by atomic mass is 35.5. The van der Waals surface area contributed by atoms with Crippen molar-refractivity contribution in [2.24, 2.45) is 10.1 Å². The number of nitrogens with one attached hydrogen (secondary N) is 1. The van der Waals surface area contributed by atoms with Crippen molar-refractivity contribution in [3.05, 3.63) is 99.3 Å².